The summed E-state index contributed by atoms with van der Waals surface area (Å²) in [4.78, 5) is 16.1. The smallest absolute Gasteiger partial charge is 0.350 e. The summed E-state index contributed by atoms with van der Waals surface area (Å²) in [5, 5.41) is 4.24. The Morgan fingerprint density at radius 1 is 1.38 bits per heavy atom. The molecule has 0 fully saturated rings. The molecule has 0 atom stereocenters. The van der Waals surface area contributed by atoms with Crippen molar-refractivity contribution in [2.24, 2.45) is 5.73 Å². The molecule has 7 nitrogen and oxygen atoms in total. The fourth-order valence-corrected chi connectivity index (χ4v) is 2.21. The molecule has 0 aliphatic rings. The van der Waals surface area contributed by atoms with Crippen LogP contribution in [0.25, 0.3) is 5.65 Å². The first-order chi connectivity index (χ1) is 10.2. The second-order valence-electron chi connectivity index (χ2n) is 4.60. The molecule has 2 aromatic heterocycles. The summed E-state index contributed by atoms with van der Waals surface area (Å²) in [5.74, 6) is 0.716. The summed E-state index contributed by atoms with van der Waals surface area (Å²) in [5.41, 5.74) is 7.81. The molecule has 7 heteroatoms. The highest BCUT2D eigenvalue weighted by atomic mass is 16.5. The van der Waals surface area contributed by atoms with Gasteiger partial charge < -0.3 is 10.5 Å². The number of nitrogens with two attached hydrogens (primary N) is 1. The second kappa shape index (κ2) is 5.37. The van der Waals surface area contributed by atoms with Crippen LogP contribution in [-0.2, 0) is 13.1 Å². The zero-order valence-corrected chi connectivity index (χ0v) is 11.6. The van der Waals surface area contributed by atoms with Crippen molar-refractivity contribution in [1.29, 1.82) is 0 Å². The fraction of sp³-hybridized carbons (Fsp3) is 0.214. The fourth-order valence-electron chi connectivity index (χ4n) is 2.21. The Morgan fingerprint density at radius 2 is 2.24 bits per heavy atom. The van der Waals surface area contributed by atoms with Crippen LogP contribution in [0.15, 0.2) is 41.6 Å². The van der Waals surface area contributed by atoms with Gasteiger partial charge in [0.15, 0.2) is 5.65 Å². The van der Waals surface area contributed by atoms with E-state index in [0.29, 0.717) is 24.5 Å². The molecule has 108 valence electrons. The predicted octanol–water partition coefficient (Wildman–Crippen LogP) is 0.407. The van der Waals surface area contributed by atoms with Crippen molar-refractivity contribution in [3.8, 4) is 5.75 Å². The van der Waals surface area contributed by atoms with Crippen LogP contribution in [0, 0.1) is 0 Å². The van der Waals surface area contributed by atoms with Gasteiger partial charge in [0.05, 0.1) is 19.9 Å². The number of hydrogen-bond acceptors (Lipinski definition) is 5. The monoisotopic (exact) mass is 285 g/mol. The van der Waals surface area contributed by atoms with Gasteiger partial charge >= 0.3 is 5.69 Å². The lowest BCUT2D eigenvalue weighted by atomic mass is 10.1. The lowest BCUT2D eigenvalue weighted by Crippen LogP contribution is -2.21. The zero-order chi connectivity index (χ0) is 14.8. The lowest BCUT2D eigenvalue weighted by Gasteiger charge is -2.08. The molecule has 0 saturated carbocycles. The third kappa shape index (κ3) is 2.38. The maximum atomic E-state index is 12.2. The highest BCUT2D eigenvalue weighted by Gasteiger charge is 2.09. The van der Waals surface area contributed by atoms with Gasteiger partial charge in [-0.25, -0.2) is 13.9 Å². The minimum atomic E-state index is -0.200. The van der Waals surface area contributed by atoms with Gasteiger partial charge in [-0.1, -0.05) is 12.1 Å². The summed E-state index contributed by atoms with van der Waals surface area (Å²) >= 11 is 0. The summed E-state index contributed by atoms with van der Waals surface area (Å²) < 4.78 is 8.15. The summed E-state index contributed by atoms with van der Waals surface area (Å²) in [7, 11) is 1.60. The van der Waals surface area contributed by atoms with Gasteiger partial charge in [0.2, 0.25) is 0 Å². The van der Waals surface area contributed by atoms with E-state index in [-0.39, 0.29) is 5.69 Å². The van der Waals surface area contributed by atoms with E-state index in [1.165, 1.54) is 9.08 Å². The molecule has 2 heterocycles. The number of benzene rings is 1. The van der Waals surface area contributed by atoms with Crippen LogP contribution < -0.4 is 16.2 Å². The van der Waals surface area contributed by atoms with Gasteiger partial charge in [-0.05, 0) is 11.6 Å². The van der Waals surface area contributed by atoms with Crippen molar-refractivity contribution < 1.29 is 4.74 Å². The molecular weight excluding hydrogens is 270 g/mol. The number of nitrogens with zero attached hydrogens (tertiary/aromatic N) is 4. The summed E-state index contributed by atoms with van der Waals surface area (Å²) in [6.07, 6.45) is 4.70. The molecule has 0 aliphatic heterocycles. The number of aromatic nitrogens is 4. The topological polar surface area (TPSA) is 87.4 Å². The molecular formula is C14H15N5O2. The van der Waals surface area contributed by atoms with Crippen LogP contribution >= 0.6 is 0 Å². The average molecular weight is 285 g/mol. The average Bonchev–Trinajstić information content (AvgIpc) is 2.84. The number of hydrogen-bond donors (Lipinski definition) is 1. The van der Waals surface area contributed by atoms with Crippen molar-refractivity contribution in [2.75, 3.05) is 7.11 Å². The second-order valence-corrected chi connectivity index (χ2v) is 4.60. The SMILES string of the molecule is COc1cc(Cn2nc3cnccn3c2=O)ccc1CN. The zero-order valence-electron chi connectivity index (χ0n) is 11.6. The maximum Gasteiger partial charge on any atom is 0.350 e. The molecule has 0 saturated heterocycles. The molecule has 0 amide bonds. The Labute approximate surface area is 120 Å². The van der Waals surface area contributed by atoms with Gasteiger partial charge in [0.1, 0.15) is 5.75 Å². The summed E-state index contributed by atoms with van der Waals surface area (Å²) in [6.45, 7) is 0.769. The van der Waals surface area contributed by atoms with Gasteiger partial charge in [0.25, 0.3) is 0 Å². The number of ether oxygens (including phenoxy) is 1. The molecule has 3 aromatic rings. The minimum absolute atomic E-state index is 0.200. The Bertz CT molecular complexity index is 837. The van der Waals surface area contributed by atoms with Crippen LogP contribution in [0.5, 0.6) is 5.75 Å². The molecule has 21 heavy (non-hydrogen) atoms. The maximum absolute atomic E-state index is 12.2. The van der Waals surface area contributed by atoms with Crippen LogP contribution in [0.3, 0.4) is 0 Å². The third-order valence-corrected chi connectivity index (χ3v) is 3.29. The number of fused-ring (bicyclic) bond motifs is 1. The van der Waals surface area contributed by atoms with Crippen molar-refractivity contribution in [3.63, 3.8) is 0 Å². The van der Waals surface area contributed by atoms with Crippen LogP contribution in [-0.4, -0.2) is 26.3 Å². The van der Waals surface area contributed by atoms with E-state index >= 15 is 0 Å². The minimum Gasteiger partial charge on any atom is -0.496 e. The Kier molecular flexibility index (Phi) is 3.41. The van der Waals surface area contributed by atoms with Crippen molar-refractivity contribution in [1.82, 2.24) is 19.2 Å². The Balaban J connectivity index is 1.99. The van der Waals surface area contributed by atoms with Crippen molar-refractivity contribution in [2.45, 2.75) is 13.1 Å². The van der Waals surface area contributed by atoms with E-state index in [2.05, 4.69) is 10.1 Å². The molecule has 1 aromatic carbocycles. The van der Waals surface area contributed by atoms with E-state index in [1.807, 2.05) is 18.2 Å². The quantitative estimate of drug-likeness (QED) is 0.750. The van der Waals surface area contributed by atoms with E-state index in [4.69, 9.17) is 10.5 Å². The highest BCUT2D eigenvalue weighted by molar-refractivity contribution is 5.38. The Hall–Kier alpha value is -2.67. The first-order valence-corrected chi connectivity index (χ1v) is 6.48. The number of rotatable bonds is 4. The van der Waals surface area contributed by atoms with E-state index < -0.39 is 0 Å². The molecule has 0 radical (unpaired) electrons. The van der Waals surface area contributed by atoms with Crippen LogP contribution in [0.2, 0.25) is 0 Å². The molecule has 3 rings (SSSR count). The lowest BCUT2D eigenvalue weighted by molar-refractivity contribution is 0.409. The molecule has 0 unspecified atom stereocenters. The number of methoxy groups -OCH3 is 1. The van der Waals surface area contributed by atoms with Crippen LogP contribution in [0.1, 0.15) is 11.1 Å². The van der Waals surface area contributed by atoms with E-state index in [0.717, 1.165) is 11.1 Å². The standard InChI is InChI=1S/C14H15N5O2/c1-21-12-6-10(2-3-11(12)7-15)9-19-14(20)18-5-4-16-8-13(18)17-19/h2-6,8H,7,9,15H2,1H3. The van der Waals surface area contributed by atoms with Gasteiger partial charge in [-0.3, -0.25) is 4.98 Å². The van der Waals surface area contributed by atoms with Gasteiger partial charge in [-0.2, -0.15) is 0 Å². The van der Waals surface area contributed by atoms with Gasteiger partial charge in [0, 0.05) is 24.5 Å². The van der Waals surface area contributed by atoms with E-state index in [9.17, 15) is 4.79 Å². The van der Waals surface area contributed by atoms with Crippen LogP contribution in [0.4, 0.5) is 0 Å². The first kappa shape index (κ1) is 13.3. The molecule has 0 spiro atoms. The van der Waals surface area contributed by atoms with Crippen molar-refractivity contribution in [3.05, 3.63) is 58.4 Å². The van der Waals surface area contributed by atoms with Gasteiger partial charge in [-0.15, -0.1) is 5.10 Å². The predicted molar refractivity (Wildman–Crippen MR) is 77.2 cm³/mol. The molecule has 2 N–H and O–H groups in total. The molecule has 0 aliphatic carbocycles. The normalized spacial score (nSPS) is 11.0. The largest absolute Gasteiger partial charge is 0.496 e. The molecule has 0 bridgehead atoms. The first-order valence-electron chi connectivity index (χ1n) is 6.48. The van der Waals surface area contributed by atoms with Crippen molar-refractivity contribution >= 4 is 5.65 Å². The third-order valence-electron chi connectivity index (χ3n) is 3.29. The highest BCUT2D eigenvalue weighted by Crippen LogP contribution is 2.20. The summed E-state index contributed by atoms with van der Waals surface area (Å²) in [6, 6.07) is 5.69. The Morgan fingerprint density at radius 3 is 2.95 bits per heavy atom. The van der Waals surface area contributed by atoms with E-state index in [1.54, 1.807) is 25.7 Å².